The summed E-state index contributed by atoms with van der Waals surface area (Å²) in [5, 5.41) is 0. The smallest absolute Gasteiger partial charge is 0.213 e. The molecule has 0 radical (unpaired) electrons. The number of pyridine rings is 1. The van der Waals surface area contributed by atoms with Gasteiger partial charge in [-0.3, -0.25) is 0 Å². The van der Waals surface area contributed by atoms with E-state index in [1.54, 1.807) is 13.2 Å². The molecule has 58 valence electrons. The van der Waals surface area contributed by atoms with Crippen molar-refractivity contribution in [1.82, 2.24) is 4.98 Å². The van der Waals surface area contributed by atoms with Gasteiger partial charge in [0.05, 0.1) is 7.11 Å². The lowest BCUT2D eigenvalue weighted by molar-refractivity contribution is 0.397. The van der Waals surface area contributed by atoms with Crippen molar-refractivity contribution < 1.29 is 4.74 Å². The number of ether oxygens (including phenoxy) is 1. The Kier molecular flexibility index (Phi) is 2.26. The predicted molar refractivity (Wildman–Crippen MR) is 45.6 cm³/mol. The molecule has 1 heterocycles. The molecule has 0 saturated carbocycles. The van der Waals surface area contributed by atoms with Crippen molar-refractivity contribution in [1.29, 1.82) is 0 Å². The second-order valence-electron chi connectivity index (χ2n) is 2.23. The predicted octanol–water partition coefficient (Wildman–Crippen LogP) is 2.04. The molecule has 0 N–H and O–H groups in total. The number of methoxy groups -OCH3 is 1. The van der Waals surface area contributed by atoms with E-state index in [-0.39, 0.29) is 0 Å². The molecule has 0 unspecified atom stereocenters. The monoisotopic (exact) mass is 149 g/mol. The summed E-state index contributed by atoms with van der Waals surface area (Å²) in [5.74, 6) is 0.646. The van der Waals surface area contributed by atoms with Gasteiger partial charge >= 0.3 is 0 Å². The normalized spacial score (nSPS) is 9.27. The van der Waals surface area contributed by atoms with Crippen LogP contribution in [0.3, 0.4) is 0 Å². The fourth-order valence-corrected chi connectivity index (χ4v) is 0.878. The summed E-state index contributed by atoms with van der Waals surface area (Å²) in [6, 6.07) is 3.76. The van der Waals surface area contributed by atoms with Crippen molar-refractivity contribution in [3.8, 4) is 5.88 Å². The molecule has 0 aliphatic heterocycles. The highest BCUT2D eigenvalue weighted by Gasteiger charge is 1.96. The van der Waals surface area contributed by atoms with E-state index in [1.807, 2.05) is 19.1 Å². The second-order valence-corrected chi connectivity index (χ2v) is 2.23. The van der Waals surface area contributed by atoms with Crippen molar-refractivity contribution in [2.75, 3.05) is 7.11 Å². The largest absolute Gasteiger partial charge is 0.481 e. The van der Waals surface area contributed by atoms with Crippen LogP contribution in [-0.4, -0.2) is 12.1 Å². The Balaban J connectivity index is 3.09. The molecule has 11 heavy (non-hydrogen) atoms. The van der Waals surface area contributed by atoms with E-state index >= 15 is 0 Å². The summed E-state index contributed by atoms with van der Waals surface area (Å²) < 4.78 is 4.95. The maximum Gasteiger partial charge on any atom is 0.213 e. The minimum absolute atomic E-state index is 0.646. The zero-order chi connectivity index (χ0) is 8.27. The molecule has 1 aromatic rings. The van der Waals surface area contributed by atoms with Crippen LogP contribution in [0.15, 0.2) is 18.7 Å². The van der Waals surface area contributed by atoms with Gasteiger partial charge in [-0.1, -0.05) is 12.7 Å². The molecule has 2 nitrogen and oxygen atoms in total. The van der Waals surface area contributed by atoms with Gasteiger partial charge < -0.3 is 4.74 Å². The number of aromatic nitrogens is 1. The van der Waals surface area contributed by atoms with Crippen molar-refractivity contribution in [2.24, 2.45) is 0 Å². The third-order valence-corrected chi connectivity index (χ3v) is 1.53. The average molecular weight is 149 g/mol. The molecule has 0 aliphatic carbocycles. The first-order valence-corrected chi connectivity index (χ1v) is 3.42. The lowest BCUT2D eigenvalue weighted by Gasteiger charge is -2.01. The van der Waals surface area contributed by atoms with Crippen LogP contribution in [0.25, 0.3) is 6.08 Å². The van der Waals surface area contributed by atoms with E-state index in [4.69, 9.17) is 4.74 Å². The highest BCUT2D eigenvalue weighted by atomic mass is 16.5. The highest BCUT2D eigenvalue weighted by molar-refractivity contribution is 5.49. The number of hydrogen-bond acceptors (Lipinski definition) is 2. The molecule has 0 aliphatic rings. The fraction of sp³-hybridized carbons (Fsp3) is 0.222. The minimum atomic E-state index is 0.646. The molecule has 0 spiro atoms. The van der Waals surface area contributed by atoms with Gasteiger partial charge in [0, 0.05) is 11.8 Å². The Morgan fingerprint density at radius 3 is 2.73 bits per heavy atom. The maximum atomic E-state index is 4.95. The Bertz CT molecular complexity index is 268. The molecule has 0 fully saturated rings. The minimum Gasteiger partial charge on any atom is -0.481 e. The SMILES string of the molecule is C=Cc1ccc(OC)nc1C. The van der Waals surface area contributed by atoms with Gasteiger partial charge in [-0.05, 0) is 18.6 Å². The third kappa shape index (κ3) is 1.58. The zero-order valence-electron chi connectivity index (χ0n) is 6.79. The molecule has 2 heteroatoms. The number of aryl methyl sites for hydroxylation is 1. The first-order chi connectivity index (χ1) is 5.27. The van der Waals surface area contributed by atoms with E-state index in [0.29, 0.717) is 5.88 Å². The number of rotatable bonds is 2. The Hall–Kier alpha value is -1.31. The lowest BCUT2D eigenvalue weighted by Crippen LogP contribution is -1.91. The first-order valence-electron chi connectivity index (χ1n) is 3.42. The zero-order valence-corrected chi connectivity index (χ0v) is 6.79. The summed E-state index contributed by atoms with van der Waals surface area (Å²) in [6.45, 7) is 5.60. The van der Waals surface area contributed by atoms with Gasteiger partial charge in [0.1, 0.15) is 0 Å². The van der Waals surface area contributed by atoms with Gasteiger partial charge in [0.25, 0.3) is 0 Å². The Morgan fingerprint density at radius 1 is 1.55 bits per heavy atom. The fourth-order valence-electron chi connectivity index (χ4n) is 0.878. The van der Waals surface area contributed by atoms with Crippen LogP contribution in [0.4, 0.5) is 0 Å². The second kappa shape index (κ2) is 3.19. The van der Waals surface area contributed by atoms with Crippen LogP contribution in [-0.2, 0) is 0 Å². The van der Waals surface area contributed by atoms with E-state index < -0.39 is 0 Å². The van der Waals surface area contributed by atoms with E-state index in [1.165, 1.54) is 0 Å². The van der Waals surface area contributed by atoms with Crippen LogP contribution in [0, 0.1) is 6.92 Å². The molecule has 1 aromatic heterocycles. The van der Waals surface area contributed by atoms with Gasteiger partial charge in [0.2, 0.25) is 5.88 Å². The highest BCUT2D eigenvalue weighted by Crippen LogP contribution is 2.12. The molecule has 0 aromatic carbocycles. The number of nitrogens with zero attached hydrogens (tertiary/aromatic N) is 1. The molecule has 0 amide bonds. The summed E-state index contributed by atoms with van der Waals surface area (Å²) in [7, 11) is 1.61. The van der Waals surface area contributed by atoms with Crippen LogP contribution in [0.2, 0.25) is 0 Å². The molecule has 0 atom stereocenters. The van der Waals surface area contributed by atoms with Crippen molar-refractivity contribution >= 4 is 6.08 Å². The lowest BCUT2D eigenvalue weighted by atomic mass is 10.2. The summed E-state index contributed by atoms with van der Waals surface area (Å²) in [6.07, 6.45) is 1.78. The molecule has 0 bridgehead atoms. The van der Waals surface area contributed by atoms with Crippen molar-refractivity contribution in [2.45, 2.75) is 6.92 Å². The van der Waals surface area contributed by atoms with Gasteiger partial charge in [-0.25, -0.2) is 4.98 Å². The van der Waals surface area contributed by atoms with E-state index in [2.05, 4.69) is 11.6 Å². The molecular formula is C9H11NO. The summed E-state index contributed by atoms with van der Waals surface area (Å²) in [5.41, 5.74) is 1.99. The average Bonchev–Trinajstić information content (AvgIpc) is 2.04. The van der Waals surface area contributed by atoms with Gasteiger partial charge in [0.15, 0.2) is 0 Å². The molecule has 0 saturated heterocycles. The van der Waals surface area contributed by atoms with Crippen LogP contribution in [0.1, 0.15) is 11.3 Å². The van der Waals surface area contributed by atoms with Crippen LogP contribution < -0.4 is 4.74 Å². The van der Waals surface area contributed by atoms with Crippen molar-refractivity contribution in [3.05, 3.63) is 30.0 Å². The van der Waals surface area contributed by atoms with Crippen LogP contribution in [0.5, 0.6) is 5.88 Å². The third-order valence-electron chi connectivity index (χ3n) is 1.53. The molecule has 1 rings (SSSR count). The number of hydrogen-bond donors (Lipinski definition) is 0. The summed E-state index contributed by atoms with van der Waals surface area (Å²) in [4.78, 5) is 4.17. The van der Waals surface area contributed by atoms with E-state index in [9.17, 15) is 0 Å². The topological polar surface area (TPSA) is 22.1 Å². The van der Waals surface area contributed by atoms with Gasteiger partial charge in [-0.15, -0.1) is 0 Å². The maximum absolute atomic E-state index is 4.95. The van der Waals surface area contributed by atoms with Gasteiger partial charge in [-0.2, -0.15) is 0 Å². The first kappa shape index (κ1) is 7.79. The van der Waals surface area contributed by atoms with E-state index in [0.717, 1.165) is 11.3 Å². The Morgan fingerprint density at radius 2 is 2.27 bits per heavy atom. The molecular weight excluding hydrogens is 138 g/mol. The quantitative estimate of drug-likeness (QED) is 0.642. The van der Waals surface area contributed by atoms with Crippen LogP contribution >= 0.6 is 0 Å². The summed E-state index contributed by atoms with van der Waals surface area (Å²) >= 11 is 0. The standard InChI is InChI=1S/C9H11NO/c1-4-8-5-6-9(11-3)10-7(8)2/h4-6H,1H2,2-3H3. The Labute approximate surface area is 66.5 Å². The van der Waals surface area contributed by atoms with Crippen molar-refractivity contribution in [3.63, 3.8) is 0 Å².